The largest absolute Gasteiger partial charge is 0.450 e. The minimum Gasteiger partial charge on any atom is -0.450 e. The van der Waals surface area contributed by atoms with Crippen LogP contribution >= 0.6 is 11.3 Å². The first kappa shape index (κ1) is 24.9. The Labute approximate surface area is 197 Å². The van der Waals surface area contributed by atoms with Crippen molar-refractivity contribution in [3.05, 3.63) is 45.8 Å². The van der Waals surface area contributed by atoms with Crippen LogP contribution < -0.4 is 10.6 Å². The van der Waals surface area contributed by atoms with E-state index in [2.05, 4.69) is 10.6 Å². The average molecular weight is 494 g/mol. The molecule has 2 heterocycles. The van der Waals surface area contributed by atoms with Crippen LogP contribution in [0.25, 0.3) is 0 Å². The second-order valence-electron chi connectivity index (χ2n) is 7.61. The van der Waals surface area contributed by atoms with E-state index in [0.717, 1.165) is 24.1 Å². The Balaban J connectivity index is 1.77. The van der Waals surface area contributed by atoms with E-state index in [1.807, 2.05) is 0 Å². The highest BCUT2D eigenvalue weighted by Gasteiger charge is 2.27. The highest BCUT2D eigenvalue weighted by atomic mass is 32.2. The van der Waals surface area contributed by atoms with Crippen LogP contribution in [0.2, 0.25) is 0 Å². The Kier molecular flexibility index (Phi) is 7.88. The third-order valence-corrected chi connectivity index (χ3v) is 8.44. The number of amides is 3. The molecule has 11 heteroatoms. The fraction of sp³-hybridized carbons (Fsp3) is 0.409. The number of ether oxygens (including phenoxy) is 1. The van der Waals surface area contributed by atoms with E-state index in [1.165, 1.54) is 39.9 Å². The molecule has 0 unspecified atom stereocenters. The monoisotopic (exact) mass is 493 g/mol. The maximum atomic E-state index is 12.8. The summed E-state index contributed by atoms with van der Waals surface area (Å²) in [5, 5.41) is 5.14. The standard InChI is InChI=1S/C22H27N3O6S2/c1-4-31-22(28)24-20(27)18-14(2)15(3)32-21(18)23-19(26)16-8-10-17(11-9-16)33(29,30)25-12-6-5-7-13-25/h8-11H,4-7,12-13H2,1-3H3,(H,23,26)(H,24,27,28). The second kappa shape index (κ2) is 10.4. The Morgan fingerprint density at radius 2 is 1.67 bits per heavy atom. The van der Waals surface area contributed by atoms with Crippen LogP contribution in [0.5, 0.6) is 0 Å². The highest BCUT2D eigenvalue weighted by molar-refractivity contribution is 7.89. The summed E-state index contributed by atoms with van der Waals surface area (Å²) in [6.45, 7) is 6.27. The van der Waals surface area contributed by atoms with Crippen LogP contribution in [0.15, 0.2) is 29.2 Å². The first-order valence-electron chi connectivity index (χ1n) is 10.6. The van der Waals surface area contributed by atoms with Crippen LogP contribution in [-0.2, 0) is 14.8 Å². The summed E-state index contributed by atoms with van der Waals surface area (Å²) in [6, 6.07) is 5.71. The molecule has 0 saturated carbocycles. The van der Waals surface area contributed by atoms with E-state index >= 15 is 0 Å². The lowest BCUT2D eigenvalue weighted by Gasteiger charge is -2.25. The van der Waals surface area contributed by atoms with Gasteiger partial charge in [-0.05, 0) is 63.4 Å². The number of hydrogen-bond donors (Lipinski definition) is 2. The number of imide groups is 1. The number of hydrogen-bond acceptors (Lipinski definition) is 7. The zero-order chi connectivity index (χ0) is 24.2. The minimum absolute atomic E-state index is 0.119. The van der Waals surface area contributed by atoms with Gasteiger partial charge in [-0.3, -0.25) is 14.9 Å². The number of benzene rings is 1. The molecule has 0 spiro atoms. The zero-order valence-electron chi connectivity index (χ0n) is 18.8. The van der Waals surface area contributed by atoms with E-state index in [9.17, 15) is 22.8 Å². The number of thiophene rings is 1. The number of nitrogens with one attached hydrogen (secondary N) is 2. The molecule has 9 nitrogen and oxygen atoms in total. The van der Waals surface area contributed by atoms with E-state index < -0.39 is 27.9 Å². The maximum absolute atomic E-state index is 12.8. The number of carbonyl (C=O) groups excluding carboxylic acids is 3. The Morgan fingerprint density at radius 3 is 2.27 bits per heavy atom. The van der Waals surface area contributed by atoms with E-state index in [-0.39, 0.29) is 22.6 Å². The SMILES string of the molecule is CCOC(=O)NC(=O)c1c(NC(=O)c2ccc(S(=O)(=O)N3CCCCC3)cc2)sc(C)c1C. The van der Waals surface area contributed by atoms with E-state index in [0.29, 0.717) is 23.7 Å². The number of alkyl carbamates (subject to hydrolysis) is 1. The van der Waals surface area contributed by atoms with Crippen molar-refractivity contribution in [3.63, 3.8) is 0 Å². The summed E-state index contributed by atoms with van der Waals surface area (Å²) >= 11 is 1.21. The maximum Gasteiger partial charge on any atom is 0.414 e. The molecular weight excluding hydrogens is 466 g/mol. The van der Waals surface area contributed by atoms with Gasteiger partial charge in [-0.25, -0.2) is 13.2 Å². The predicted molar refractivity (Wildman–Crippen MR) is 125 cm³/mol. The molecule has 1 fully saturated rings. The van der Waals surface area contributed by atoms with Crippen LogP contribution in [0.4, 0.5) is 9.80 Å². The van der Waals surface area contributed by atoms with Crippen molar-refractivity contribution in [3.8, 4) is 0 Å². The normalized spacial score (nSPS) is 14.5. The molecule has 1 aromatic carbocycles. The number of sulfonamides is 1. The van der Waals surface area contributed by atoms with E-state index in [4.69, 9.17) is 4.74 Å². The fourth-order valence-electron chi connectivity index (χ4n) is 3.52. The molecule has 2 N–H and O–H groups in total. The third-order valence-electron chi connectivity index (χ3n) is 5.40. The summed E-state index contributed by atoms with van der Waals surface area (Å²) in [5.74, 6) is -1.17. The van der Waals surface area contributed by atoms with Crippen molar-refractivity contribution >= 4 is 44.3 Å². The quantitative estimate of drug-likeness (QED) is 0.633. The van der Waals surface area contributed by atoms with Gasteiger partial charge in [-0.2, -0.15) is 4.31 Å². The molecule has 1 aliphatic rings. The smallest absolute Gasteiger partial charge is 0.414 e. The number of anilines is 1. The Hall–Kier alpha value is -2.76. The molecule has 0 bridgehead atoms. The first-order chi connectivity index (χ1) is 15.6. The average Bonchev–Trinajstić information content (AvgIpc) is 3.07. The van der Waals surface area contributed by atoms with Gasteiger partial charge in [0.2, 0.25) is 10.0 Å². The van der Waals surface area contributed by atoms with Crippen molar-refractivity contribution in [1.82, 2.24) is 9.62 Å². The molecule has 1 saturated heterocycles. The summed E-state index contributed by atoms with van der Waals surface area (Å²) in [7, 11) is -3.59. The van der Waals surface area contributed by atoms with Crippen LogP contribution in [0.3, 0.4) is 0 Å². The van der Waals surface area contributed by atoms with E-state index in [1.54, 1.807) is 20.8 Å². The summed E-state index contributed by atoms with van der Waals surface area (Å²) < 4.78 is 31.8. The molecule has 33 heavy (non-hydrogen) atoms. The molecule has 0 atom stereocenters. The number of piperidine rings is 1. The molecule has 0 radical (unpaired) electrons. The topological polar surface area (TPSA) is 122 Å². The summed E-state index contributed by atoms with van der Waals surface area (Å²) in [4.78, 5) is 38.0. The minimum atomic E-state index is -3.59. The van der Waals surface area contributed by atoms with Gasteiger partial charge in [0.15, 0.2) is 0 Å². The molecule has 178 valence electrons. The van der Waals surface area contributed by atoms with Gasteiger partial charge in [-0.1, -0.05) is 6.42 Å². The molecule has 2 aromatic rings. The first-order valence-corrected chi connectivity index (χ1v) is 12.9. The lowest BCUT2D eigenvalue weighted by atomic mass is 10.1. The van der Waals surface area contributed by atoms with Crippen molar-refractivity contribution in [2.24, 2.45) is 0 Å². The Bertz CT molecular complexity index is 1150. The van der Waals surface area contributed by atoms with Crippen molar-refractivity contribution in [2.75, 3.05) is 25.0 Å². The van der Waals surface area contributed by atoms with Crippen LogP contribution in [0, 0.1) is 13.8 Å². The molecule has 3 rings (SSSR count). The summed E-state index contributed by atoms with van der Waals surface area (Å²) in [6.07, 6.45) is 1.83. The highest BCUT2D eigenvalue weighted by Crippen LogP contribution is 2.33. The summed E-state index contributed by atoms with van der Waals surface area (Å²) in [5.41, 5.74) is 1.07. The second-order valence-corrected chi connectivity index (χ2v) is 10.8. The molecule has 1 aliphatic heterocycles. The molecule has 0 aliphatic carbocycles. The van der Waals surface area contributed by atoms with Crippen molar-refractivity contribution < 1.29 is 27.5 Å². The van der Waals surface area contributed by atoms with Crippen molar-refractivity contribution in [2.45, 2.75) is 44.9 Å². The van der Waals surface area contributed by atoms with Gasteiger partial charge < -0.3 is 10.1 Å². The number of aryl methyl sites for hydroxylation is 1. The van der Waals surface area contributed by atoms with Gasteiger partial charge in [0.25, 0.3) is 11.8 Å². The molecule has 1 aromatic heterocycles. The van der Waals surface area contributed by atoms with Crippen molar-refractivity contribution in [1.29, 1.82) is 0 Å². The van der Waals surface area contributed by atoms with Gasteiger partial charge in [-0.15, -0.1) is 11.3 Å². The predicted octanol–water partition coefficient (Wildman–Crippen LogP) is 3.68. The van der Waals surface area contributed by atoms with Gasteiger partial charge >= 0.3 is 6.09 Å². The van der Waals surface area contributed by atoms with Gasteiger partial charge in [0.05, 0.1) is 17.1 Å². The fourth-order valence-corrected chi connectivity index (χ4v) is 6.09. The van der Waals surface area contributed by atoms with Gasteiger partial charge in [0.1, 0.15) is 5.00 Å². The molecular formula is C22H27N3O6S2. The van der Waals surface area contributed by atoms with Crippen LogP contribution in [0.1, 0.15) is 57.3 Å². The van der Waals surface area contributed by atoms with Gasteiger partial charge in [0, 0.05) is 23.5 Å². The number of rotatable bonds is 6. The Morgan fingerprint density at radius 1 is 1.03 bits per heavy atom. The zero-order valence-corrected chi connectivity index (χ0v) is 20.4. The lowest BCUT2D eigenvalue weighted by Crippen LogP contribution is -2.35. The lowest BCUT2D eigenvalue weighted by molar-refractivity contribution is 0.0925. The number of carbonyl (C=O) groups is 3. The third kappa shape index (κ3) is 5.60. The van der Waals surface area contributed by atoms with Crippen LogP contribution in [-0.4, -0.2) is 50.3 Å². The molecule has 3 amide bonds. The number of nitrogens with zero attached hydrogens (tertiary/aromatic N) is 1.